The number of hydrogen-bond donors (Lipinski definition) is 2. The zero-order valence-corrected chi connectivity index (χ0v) is 9.29. The van der Waals surface area contributed by atoms with Crippen LogP contribution in [0.2, 0.25) is 0 Å². The summed E-state index contributed by atoms with van der Waals surface area (Å²) in [7, 11) is 0. The number of nitriles is 1. The monoisotopic (exact) mass is 230 g/mol. The van der Waals surface area contributed by atoms with Gasteiger partial charge in [0.15, 0.2) is 5.13 Å². The highest BCUT2D eigenvalue weighted by Gasteiger charge is 2.00. The van der Waals surface area contributed by atoms with Crippen LogP contribution in [0.15, 0.2) is 30.5 Å². The van der Waals surface area contributed by atoms with E-state index >= 15 is 0 Å². The Hall–Kier alpha value is -1.90. The highest BCUT2D eigenvalue weighted by Crippen LogP contribution is 2.22. The van der Waals surface area contributed by atoms with E-state index < -0.39 is 0 Å². The summed E-state index contributed by atoms with van der Waals surface area (Å²) in [5.74, 6) is 0. The quantitative estimate of drug-likeness (QED) is 0.847. The van der Waals surface area contributed by atoms with Gasteiger partial charge in [-0.2, -0.15) is 5.26 Å². The fourth-order valence-corrected chi connectivity index (χ4v) is 1.92. The maximum Gasteiger partial charge on any atom is 0.187 e. The Labute approximate surface area is 97.4 Å². The standard InChI is InChI=1S/C11H10N4S/c12-5-8-1-3-9(4-2-8)15-11-14-7-10(6-13)16-11/h1-4,7H,6,13H2,(H,14,15). The third-order valence-electron chi connectivity index (χ3n) is 2.02. The SMILES string of the molecule is N#Cc1ccc(Nc2ncc(CN)s2)cc1. The Morgan fingerprint density at radius 2 is 2.12 bits per heavy atom. The van der Waals surface area contributed by atoms with E-state index in [1.54, 1.807) is 18.3 Å². The first-order valence-corrected chi connectivity index (χ1v) is 5.55. The molecule has 2 aromatic rings. The summed E-state index contributed by atoms with van der Waals surface area (Å²) in [4.78, 5) is 5.23. The van der Waals surface area contributed by atoms with Gasteiger partial charge in [-0.1, -0.05) is 0 Å². The molecule has 0 unspecified atom stereocenters. The lowest BCUT2D eigenvalue weighted by molar-refractivity contribution is 1.10. The van der Waals surface area contributed by atoms with Crippen molar-refractivity contribution in [1.29, 1.82) is 5.26 Å². The van der Waals surface area contributed by atoms with Crippen molar-refractivity contribution in [2.45, 2.75) is 6.54 Å². The number of nitrogens with two attached hydrogens (primary N) is 1. The Morgan fingerprint density at radius 1 is 1.38 bits per heavy atom. The van der Waals surface area contributed by atoms with Crippen LogP contribution < -0.4 is 11.1 Å². The van der Waals surface area contributed by atoms with Crippen molar-refractivity contribution in [2.24, 2.45) is 5.73 Å². The van der Waals surface area contributed by atoms with Crippen LogP contribution in [-0.4, -0.2) is 4.98 Å². The van der Waals surface area contributed by atoms with Gasteiger partial charge in [-0.05, 0) is 24.3 Å². The largest absolute Gasteiger partial charge is 0.332 e. The second-order valence-electron chi connectivity index (χ2n) is 3.15. The molecule has 3 N–H and O–H groups in total. The van der Waals surface area contributed by atoms with Gasteiger partial charge in [0, 0.05) is 23.3 Å². The van der Waals surface area contributed by atoms with E-state index in [0.29, 0.717) is 12.1 Å². The van der Waals surface area contributed by atoms with Crippen molar-refractivity contribution in [3.63, 3.8) is 0 Å². The highest BCUT2D eigenvalue weighted by atomic mass is 32.1. The van der Waals surface area contributed by atoms with Gasteiger partial charge >= 0.3 is 0 Å². The van der Waals surface area contributed by atoms with Gasteiger partial charge in [-0.15, -0.1) is 11.3 Å². The average molecular weight is 230 g/mol. The molecule has 0 spiro atoms. The molecule has 5 heteroatoms. The smallest absolute Gasteiger partial charge is 0.187 e. The summed E-state index contributed by atoms with van der Waals surface area (Å²) in [5.41, 5.74) is 7.06. The number of hydrogen-bond acceptors (Lipinski definition) is 5. The summed E-state index contributed by atoms with van der Waals surface area (Å²) in [6, 6.07) is 9.30. The van der Waals surface area contributed by atoms with Crippen LogP contribution in [0.4, 0.5) is 10.8 Å². The normalized spacial score (nSPS) is 9.75. The molecule has 1 aromatic carbocycles. The molecule has 0 aliphatic heterocycles. The Balaban J connectivity index is 2.11. The molecule has 0 radical (unpaired) electrons. The first-order chi connectivity index (χ1) is 7.81. The molecule has 0 saturated carbocycles. The molecule has 0 atom stereocenters. The number of anilines is 2. The summed E-state index contributed by atoms with van der Waals surface area (Å²) in [5, 5.41) is 12.6. The lowest BCUT2D eigenvalue weighted by atomic mass is 10.2. The molecule has 0 bridgehead atoms. The third-order valence-corrected chi connectivity index (χ3v) is 2.96. The van der Waals surface area contributed by atoms with Gasteiger partial charge in [0.1, 0.15) is 0 Å². The molecule has 0 saturated heterocycles. The van der Waals surface area contributed by atoms with Crippen molar-refractivity contribution in [3.05, 3.63) is 40.9 Å². The van der Waals surface area contributed by atoms with Crippen molar-refractivity contribution in [2.75, 3.05) is 5.32 Å². The van der Waals surface area contributed by atoms with Crippen molar-refractivity contribution >= 4 is 22.2 Å². The van der Waals surface area contributed by atoms with Gasteiger partial charge in [0.2, 0.25) is 0 Å². The minimum Gasteiger partial charge on any atom is -0.332 e. The number of nitrogens with zero attached hydrogens (tertiary/aromatic N) is 2. The van der Waals surface area contributed by atoms with Crippen LogP contribution in [0.3, 0.4) is 0 Å². The zero-order chi connectivity index (χ0) is 11.4. The maximum absolute atomic E-state index is 8.66. The second kappa shape index (κ2) is 4.75. The molecule has 0 aliphatic rings. The number of aromatic nitrogens is 1. The fourth-order valence-electron chi connectivity index (χ4n) is 1.21. The molecule has 0 fully saturated rings. The molecular formula is C11H10N4S. The van der Waals surface area contributed by atoms with E-state index in [-0.39, 0.29) is 0 Å². The second-order valence-corrected chi connectivity index (χ2v) is 4.27. The van der Waals surface area contributed by atoms with Crippen molar-refractivity contribution in [1.82, 2.24) is 4.98 Å². The number of nitrogens with one attached hydrogen (secondary N) is 1. The van der Waals surface area contributed by atoms with Crippen LogP contribution >= 0.6 is 11.3 Å². The van der Waals surface area contributed by atoms with Gasteiger partial charge in [0.05, 0.1) is 11.6 Å². The lowest BCUT2D eigenvalue weighted by Gasteiger charge is -2.01. The van der Waals surface area contributed by atoms with Crippen LogP contribution in [0.25, 0.3) is 0 Å². The molecule has 2 rings (SSSR count). The van der Waals surface area contributed by atoms with Crippen LogP contribution in [0, 0.1) is 11.3 Å². The molecule has 0 amide bonds. The van der Waals surface area contributed by atoms with Crippen LogP contribution in [0.5, 0.6) is 0 Å². The Bertz CT molecular complexity index is 510. The summed E-state index contributed by atoms with van der Waals surface area (Å²) in [6.45, 7) is 0.507. The van der Waals surface area contributed by atoms with E-state index in [9.17, 15) is 0 Å². The maximum atomic E-state index is 8.66. The van der Waals surface area contributed by atoms with Crippen LogP contribution in [0.1, 0.15) is 10.4 Å². The minimum absolute atomic E-state index is 0.507. The topological polar surface area (TPSA) is 74.7 Å². The first kappa shape index (κ1) is 10.6. The summed E-state index contributed by atoms with van der Waals surface area (Å²) >= 11 is 1.53. The molecular weight excluding hydrogens is 220 g/mol. The van der Waals surface area contributed by atoms with E-state index in [4.69, 9.17) is 11.0 Å². The number of benzene rings is 1. The molecule has 80 valence electrons. The van der Waals surface area contributed by atoms with Gasteiger partial charge in [-0.25, -0.2) is 4.98 Å². The van der Waals surface area contributed by atoms with E-state index in [1.165, 1.54) is 11.3 Å². The highest BCUT2D eigenvalue weighted by molar-refractivity contribution is 7.15. The fraction of sp³-hybridized carbons (Fsp3) is 0.0909. The molecule has 1 heterocycles. The molecule has 1 aromatic heterocycles. The van der Waals surface area contributed by atoms with E-state index in [0.717, 1.165) is 15.7 Å². The van der Waals surface area contributed by atoms with Gasteiger partial charge < -0.3 is 11.1 Å². The van der Waals surface area contributed by atoms with Gasteiger partial charge in [0.25, 0.3) is 0 Å². The molecule has 16 heavy (non-hydrogen) atoms. The molecule has 4 nitrogen and oxygen atoms in total. The van der Waals surface area contributed by atoms with Crippen LogP contribution in [-0.2, 0) is 6.54 Å². The Kier molecular flexibility index (Phi) is 3.15. The summed E-state index contributed by atoms with van der Waals surface area (Å²) in [6.07, 6.45) is 1.76. The Morgan fingerprint density at radius 3 is 2.69 bits per heavy atom. The number of thiazole rings is 1. The van der Waals surface area contributed by atoms with Gasteiger partial charge in [-0.3, -0.25) is 0 Å². The minimum atomic E-state index is 0.507. The molecule has 0 aliphatic carbocycles. The number of rotatable bonds is 3. The average Bonchev–Trinajstić information content (AvgIpc) is 2.78. The van der Waals surface area contributed by atoms with Crippen molar-refractivity contribution in [3.8, 4) is 6.07 Å². The summed E-state index contributed by atoms with van der Waals surface area (Å²) < 4.78 is 0. The predicted octanol–water partition coefficient (Wildman–Crippen LogP) is 2.22. The zero-order valence-electron chi connectivity index (χ0n) is 8.47. The van der Waals surface area contributed by atoms with E-state index in [2.05, 4.69) is 16.4 Å². The third kappa shape index (κ3) is 2.37. The predicted molar refractivity (Wildman–Crippen MR) is 64.4 cm³/mol. The first-order valence-electron chi connectivity index (χ1n) is 4.74. The lowest BCUT2D eigenvalue weighted by Crippen LogP contribution is -1.91. The van der Waals surface area contributed by atoms with Crippen molar-refractivity contribution < 1.29 is 0 Å². The van der Waals surface area contributed by atoms with E-state index in [1.807, 2.05) is 12.1 Å².